The number of aliphatic imine (C=N–C) groups is 1. The van der Waals surface area contributed by atoms with E-state index in [1.54, 1.807) is 23.5 Å². The molecule has 2 rings (SSSR count). The van der Waals surface area contributed by atoms with Gasteiger partial charge < -0.3 is 0 Å². The van der Waals surface area contributed by atoms with Crippen LogP contribution < -0.4 is 0 Å². The smallest absolute Gasteiger partial charge is 0.122 e. The molecule has 0 radical (unpaired) electrons. The Balaban J connectivity index is 2.41. The normalized spacial score (nSPS) is 15.2. The van der Waals surface area contributed by atoms with E-state index in [-0.39, 0.29) is 0 Å². The minimum atomic E-state index is 0.963. The van der Waals surface area contributed by atoms with E-state index in [0.717, 1.165) is 16.5 Å². The molecule has 62 valence electrons. The van der Waals surface area contributed by atoms with Crippen LogP contribution in [0.2, 0.25) is 0 Å². The average molecular weight is 196 g/mol. The van der Waals surface area contributed by atoms with Gasteiger partial charge in [0.15, 0.2) is 0 Å². The van der Waals surface area contributed by atoms with Gasteiger partial charge in [-0.2, -0.15) is 0 Å². The molecule has 1 aliphatic heterocycles. The number of fused-ring (bicyclic) bond motifs is 1. The molecule has 0 atom stereocenters. The van der Waals surface area contributed by atoms with Crippen LogP contribution >= 0.6 is 23.5 Å². The number of pyridine rings is 1. The number of rotatable bonds is 0. The Kier molecular flexibility index (Phi) is 2.37. The second kappa shape index (κ2) is 3.49. The first-order valence-electron chi connectivity index (χ1n) is 3.59. The molecule has 1 aliphatic rings. The zero-order valence-corrected chi connectivity index (χ0v) is 8.28. The third kappa shape index (κ3) is 1.49. The van der Waals surface area contributed by atoms with Crippen molar-refractivity contribution in [2.24, 2.45) is 4.99 Å². The van der Waals surface area contributed by atoms with Crippen molar-refractivity contribution in [1.82, 2.24) is 4.98 Å². The van der Waals surface area contributed by atoms with Gasteiger partial charge in [0.2, 0.25) is 0 Å². The molecule has 0 N–H and O–H groups in total. The second-order valence-electron chi connectivity index (χ2n) is 2.33. The predicted molar refractivity (Wildman–Crippen MR) is 55.6 cm³/mol. The van der Waals surface area contributed by atoms with Gasteiger partial charge in [-0.3, -0.25) is 0 Å². The summed E-state index contributed by atoms with van der Waals surface area (Å²) in [6.45, 7) is 0. The lowest BCUT2D eigenvalue weighted by Crippen LogP contribution is -2.00. The highest BCUT2D eigenvalue weighted by molar-refractivity contribution is 8.15. The van der Waals surface area contributed by atoms with E-state index in [9.17, 15) is 0 Å². The summed E-state index contributed by atoms with van der Waals surface area (Å²) < 4.78 is 0. The minimum Gasteiger partial charge on any atom is -0.248 e. The summed E-state index contributed by atoms with van der Waals surface area (Å²) >= 11 is 3.47. The van der Waals surface area contributed by atoms with Crippen LogP contribution in [0.25, 0.3) is 0 Å². The quantitative estimate of drug-likeness (QED) is 0.637. The molecule has 0 aromatic carbocycles. The molecule has 0 bridgehead atoms. The van der Waals surface area contributed by atoms with Crippen LogP contribution in [-0.4, -0.2) is 22.0 Å². The van der Waals surface area contributed by atoms with E-state index in [4.69, 9.17) is 0 Å². The topological polar surface area (TPSA) is 25.2 Å². The van der Waals surface area contributed by atoms with Crippen LogP contribution in [0.3, 0.4) is 0 Å². The largest absolute Gasteiger partial charge is 0.248 e. The highest BCUT2D eigenvalue weighted by Gasteiger charge is 2.11. The Labute approximate surface area is 79.9 Å². The summed E-state index contributed by atoms with van der Waals surface area (Å²) in [6, 6.07) is 3.93. The highest BCUT2D eigenvalue weighted by Crippen LogP contribution is 2.33. The molecule has 4 heteroatoms. The summed E-state index contributed by atoms with van der Waals surface area (Å²) in [4.78, 5) is 8.69. The Morgan fingerprint density at radius 2 is 2.50 bits per heavy atom. The molecule has 0 amide bonds. The maximum Gasteiger partial charge on any atom is 0.122 e. The Hall–Kier alpha value is -0.480. The number of hydrogen-bond donors (Lipinski definition) is 0. The van der Waals surface area contributed by atoms with Crippen molar-refractivity contribution in [3.05, 3.63) is 18.3 Å². The van der Waals surface area contributed by atoms with Crippen molar-refractivity contribution in [2.75, 3.05) is 12.0 Å². The van der Waals surface area contributed by atoms with E-state index in [1.807, 2.05) is 18.3 Å². The van der Waals surface area contributed by atoms with Crippen LogP contribution in [0.1, 0.15) is 0 Å². The average Bonchev–Trinajstić information content (AvgIpc) is 2.17. The lowest BCUT2D eigenvalue weighted by Gasteiger charge is -2.11. The van der Waals surface area contributed by atoms with Gasteiger partial charge in [-0.25, -0.2) is 9.98 Å². The first-order chi connectivity index (χ1) is 5.90. The fourth-order valence-corrected chi connectivity index (χ4v) is 2.54. The van der Waals surface area contributed by atoms with Gasteiger partial charge in [0.05, 0.1) is 10.7 Å². The van der Waals surface area contributed by atoms with Crippen molar-refractivity contribution >= 4 is 34.3 Å². The molecule has 0 unspecified atom stereocenters. The molecular formula is C8H8N2S2. The predicted octanol–water partition coefficient (Wildman–Crippen LogP) is 2.58. The monoisotopic (exact) mass is 196 g/mol. The minimum absolute atomic E-state index is 0.963. The lowest BCUT2D eigenvalue weighted by molar-refractivity contribution is 1.12. The lowest BCUT2D eigenvalue weighted by atomic mass is 10.4. The van der Waals surface area contributed by atoms with E-state index in [0.29, 0.717) is 0 Å². The third-order valence-corrected chi connectivity index (χ3v) is 3.46. The third-order valence-electron chi connectivity index (χ3n) is 1.56. The maximum absolute atomic E-state index is 4.46. The molecular weight excluding hydrogens is 188 g/mol. The van der Waals surface area contributed by atoms with Crippen molar-refractivity contribution in [3.8, 4) is 0 Å². The van der Waals surface area contributed by atoms with Gasteiger partial charge in [-0.15, -0.1) is 11.8 Å². The van der Waals surface area contributed by atoms with Crippen LogP contribution in [0.4, 0.5) is 5.69 Å². The van der Waals surface area contributed by atoms with Crippen molar-refractivity contribution in [1.29, 1.82) is 0 Å². The van der Waals surface area contributed by atoms with Crippen LogP contribution in [0, 0.1) is 0 Å². The number of aromatic nitrogens is 1. The Morgan fingerprint density at radius 1 is 1.58 bits per heavy atom. The number of hydrogen-bond acceptors (Lipinski definition) is 4. The number of nitrogens with zero attached hydrogens (tertiary/aromatic N) is 2. The van der Waals surface area contributed by atoms with Gasteiger partial charge in [0.1, 0.15) is 5.03 Å². The van der Waals surface area contributed by atoms with E-state index in [2.05, 4.69) is 16.2 Å². The molecule has 1 aromatic rings. The second-order valence-corrected chi connectivity index (χ2v) is 4.17. The zero-order valence-electron chi connectivity index (χ0n) is 6.65. The fraction of sp³-hybridized carbons (Fsp3) is 0.250. The van der Waals surface area contributed by atoms with E-state index in [1.165, 1.54) is 5.04 Å². The molecule has 2 heterocycles. The molecule has 0 aliphatic carbocycles. The van der Waals surface area contributed by atoms with Crippen molar-refractivity contribution in [2.45, 2.75) is 5.03 Å². The first-order valence-corrected chi connectivity index (χ1v) is 5.80. The van der Waals surface area contributed by atoms with Crippen LogP contribution in [-0.2, 0) is 0 Å². The maximum atomic E-state index is 4.46. The van der Waals surface area contributed by atoms with Gasteiger partial charge in [-0.1, -0.05) is 11.8 Å². The van der Waals surface area contributed by atoms with Gasteiger partial charge >= 0.3 is 0 Å². The number of thioether (sulfide) groups is 2. The first kappa shape index (κ1) is 8.13. The highest BCUT2D eigenvalue weighted by atomic mass is 32.2. The van der Waals surface area contributed by atoms with Gasteiger partial charge in [-0.05, 0) is 18.4 Å². The van der Waals surface area contributed by atoms with Crippen LogP contribution in [0.5, 0.6) is 0 Å². The molecule has 0 saturated carbocycles. The summed E-state index contributed by atoms with van der Waals surface area (Å²) in [5, 5.41) is 2.23. The standard InChI is InChI=1S/C8H8N2S2/c1-11-7-5-12-8-6(10-7)3-2-4-9-8/h2-4H,5H2,1H3. The molecule has 1 aromatic heterocycles. The Morgan fingerprint density at radius 3 is 3.33 bits per heavy atom. The Bertz CT molecular complexity index is 323. The van der Waals surface area contributed by atoms with Gasteiger partial charge in [0, 0.05) is 11.9 Å². The zero-order chi connectivity index (χ0) is 8.39. The molecule has 0 fully saturated rings. The van der Waals surface area contributed by atoms with E-state index < -0.39 is 0 Å². The SMILES string of the molecule is CSC1=Nc2cccnc2SC1. The summed E-state index contributed by atoms with van der Waals surface area (Å²) in [7, 11) is 0. The molecule has 0 saturated heterocycles. The summed E-state index contributed by atoms with van der Waals surface area (Å²) in [5.41, 5.74) is 1.01. The van der Waals surface area contributed by atoms with Crippen molar-refractivity contribution < 1.29 is 0 Å². The van der Waals surface area contributed by atoms with Crippen molar-refractivity contribution in [3.63, 3.8) is 0 Å². The summed E-state index contributed by atoms with van der Waals surface area (Å²) in [6.07, 6.45) is 3.87. The van der Waals surface area contributed by atoms with Crippen LogP contribution in [0.15, 0.2) is 28.3 Å². The molecule has 12 heavy (non-hydrogen) atoms. The van der Waals surface area contributed by atoms with Gasteiger partial charge in [0.25, 0.3) is 0 Å². The summed E-state index contributed by atoms with van der Waals surface area (Å²) in [5.74, 6) is 0.963. The van der Waals surface area contributed by atoms with E-state index >= 15 is 0 Å². The molecule has 2 nitrogen and oxygen atoms in total. The fourth-order valence-electron chi connectivity index (χ4n) is 0.980. The molecule has 0 spiro atoms.